The number of rotatable bonds is 3. The molecule has 0 aliphatic heterocycles. The summed E-state index contributed by atoms with van der Waals surface area (Å²) in [5, 5.41) is 10.4. The Bertz CT molecular complexity index is 586. The zero-order valence-corrected chi connectivity index (χ0v) is 11.4. The topological polar surface area (TPSA) is 20.2 Å². The second-order valence-corrected chi connectivity index (χ2v) is 5.53. The molecule has 3 rings (SSSR count). The van der Waals surface area contributed by atoms with Gasteiger partial charge in [0.2, 0.25) is 0 Å². The molecule has 1 aliphatic rings. The predicted molar refractivity (Wildman–Crippen MR) is 78.3 cm³/mol. The summed E-state index contributed by atoms with van der Waals surface area (Å²) in [5.41, 5.74) is 6.43. The predicted octanol–water partition coefficient (Wildman–Crippen LogP) is 3.76. The average molecular weight is 252 g/mol. The molecule has 0 radical (unpaired) electrons. The van der Waals surface area contributed by atoms with Gasteiger partial charge in [0, 0.05) is 6.42 Å². The van der Waals surface area contributed by atoms with Crippen LogP contribution < -0.4 is 0 Å². The van der Waals surface area contributed by atoms with Gasteiger partial charge in [-0.05, 0) is 54.0 Å². The highest BCUT2D eigenvalue weighted by molar-refractivity contribution is 5.36. The summed E-state index contributed by atoms with van der Waals surface area (Å²) in [5.74, 6) is 0. The maximum atomic E-state index is 10.4. The first-order chi connectivity index (χ1) is 9.24. The minimum atomic E-state index is -0.402. The highest BCUT2D eigenvalue weighted by Crippen LogP contribution is 2.26. The van der Waals surface area contributed by atoms with E-state index in [-0.39, 0.29) is 0 Å². The fourth-order valence-electron chi connectivity index (χ4n) is 3.05. The molecule has 0 spiro atoms. The van der Waals surface area contributed by atoms with Crippen LogP contribution in [0.5, 0.6) is 0 Å². The number of benzene rings is 2. The van der Waals surface area contributed by atoms with Crippen molar-refractivity contribution >= 4 is 0 Å². The third kappa shape index (κ3) is 2.57. The molecule has 1 atom stereocenters. The third-order valence-electron chi connectivity index (χ3n) is 4.14. The van der Waals surface area contributed by atoms with Gasteiger partial charge >= 0.3 is 0 Å². The van der Waals surface area contributed by atoms with E-state index in [9.17, 15) is 5.11 Å². The first kappa shape index (κ1) is 12.4. The van der Waals surface area contributed by atoms with E-state index >= 15 is 0 Å². The van der Waals surface area contributed by atoms with E-state index in [1.54, 1.807) is 0 Å². The van der Waals surface area contributed by atoms with Gasteiger partial charge in [0.25, 0.3) is 0 Å². The maximum Gasteiger partial charge on any atom is 0.0832 e. The van der Waals surface area contributed by atoms with Crippen molar-refractivity contribution in [3.63, 3.8) is 0 Å². The van der Waals surface area contributed by atoms with Crippen LogP contribution in [-0.4, -0.2) is 5.11 Å². The number of aryl methyl sites for hydroxylation is 3. The standard InChI is InChI=1S/C18H20O/c1-13-5-2-3-8-17(13)18(19)12-14-9-10-15-6-4-7-16(15)11-14/h2-3,5,8-11,18-19H,4,6-7,12H2,1H3. The molecule has 0 aromatic heterocycles. The van der Waals surface area contributed by atoms with E-state index in [1.807, 2.05) is 18.2 Å². The van der Waals surface area contributed by atoms with Crippen molar-refractivity contribution in [3.05, 3.63) is 70.3 Å². The smallest absolute Gasteiger partial charge is 0.0832 e. The summed E-state index contributed by atoms with van der Waals surface area (Å²) < 4.78 is 0. The summed E-state index contributed by atoms with van der Waals surface area (Å²) in [6.07, 6.45) is 4.00. The molecule has 2 aromatic carbocycles. The number of hydrogen-bond donors (Lipinski definition) is 1. The zero-order chi connectivity index (χ0) is 13.2. The molecule has 0 saturated heterocycles. The van der Waals surface area contributed by atoms with Gasteiger partial charge in [-0.15, -0.1) is 0 Å². The Balaban J connectivity index is 1.80. The number of hydrogen-bond acceptors (Lipinski definition) is 1. The average Bonchev–Trinajstić information content (AvgIpc) is 2.86. The van der Waals surface area contributed by atoms with E-state index in [0.717, 1.165) is 11.1 Å². The summed E-state index contributed by atoms with van der Waals surface area (Å²) in [7, 11) is 0. The highest BCUT2D eigenvalue weighted by atomic mass is 16.3. The van der Waals surface area contributed by atoms with Gasteiger partial charge in [-0.2, -0.15) is 0 Å². The van der Waals surface area contributed by atoms with Crippen LogP contribution in [0.15, 0.2) is 42.5 Å². The maximum absolute atomic E-state index is 10.4. The third-order valence-corrected chi connectivity index (χ3v) is 4.14. The van der Waals surface area contributed by atoms with Crippen LogP contribution >= 0.6 is 0 Å². The summed E-state index contributed by atoms with van der Waals surface area (Å²) >= 11 is 0. The van der Waals surface area contributed by atoms with Gasteiger partial charge in [-0.3, -0.25) is 0 Å². The van der Waals surface area contributed by atoms with Crippen LogP contribution in [0.1, 0.15) is 40.3 Å². The van der Waals surface area contributed by atoms with Gasteiger partial charge in [-0.1, -0.05) is 42.5 Å². The molecule has 1 N–H and O–H groups in total. The van der Waals surface area contributed by atoms with E-state index in [2.05, 4.69) is 31.2 Å². The molecule has 0 heterocycles. The monoisotopic (exact) mass is 252 g/mol. The van der Waals surface area contributed by atoms with Crippen LogP contribution in [0.2, 0.25) is 0 Å². The second-order valence-electron chi connectivity index (χ2n) is 5.53. The van der Waals surface area contributed by atoms with Crippen LogP contribution in [0.4, 0.5) is 0 Å². The van der Waals surface area contributed by atoms with Crippen molar-refractivity contribution < 1.29 is 5.11 Å². The fourth-order valence-corrected chi connectivity index (χ4v) is 3.05. The first-order valence-electron chi connectivity index (χ1n) is 7.08. The van der Waals surface area contributed by atoms with Crippen molar-refractivity contribution in [2.45, 2.75) is 38.7 Å². The molecular formula is C18H20O. The van der Waals surface area contributed by atoms with E-state index < -0.39 is 6.10 Å². The Morgan fingerprint density at radius 3 is 2.68 bits per heavy atom. The van der Waals surface area contributed by atoms with Crippen LogP contribution in [0.3, 0.4) is 0 Å². The molecule has 0 saturated carbocycles. The van der Waals surface area contributed by atoms with Gasteiger partial charge < -0.3 is 5.11 Å². The normalized spacial score (nSPS) is 15.3. The van der Waals surface area contributed by atoms with Gasteiger partial charge in [0.05, 0.1) is 6.10 Å². The molecule has 1 unspecified atom stereocenters. The Morgan fingerprint density at radius 2 is 1.84 bits per heavy atom. The molecular weight excluding hydrogens is 232 g/mol. The summed E-state index contributed by atoms with van der Waals surface area (Å²) in [4.78, 5) is 0. The van der Waals surface area contributed by atoms with Crippen LogP contribution in [-0.2, 0) is 19.3 Å². The largest absolute Gasteiger partial charge is 0.388 e. The van der Waals surface area contributed by atoms with Crippen molar-refractivity contribution in [2.24, 2.45) is 0 Å². The zero-order valence-electron chi connectivity index (χ0n) is 11.4. The van der Waals surface area contributed by atoms with Crippen molar-refractivity contribution in [1.82, 2.24) is 0 Å². The summed E-state index contributed by atoms with van der Waals surface area (Å²) in [6, 6.07) is 14.8. The van der Waals surface area contributed by atoms with Gasteiger partial charge in [0.15, 0.2) is 0 Å². The molecule has 1 nitrogen and oxygen atoms in total. The molecule has 0 bridgehead atoms. The minimum absolute atomic E-state index is 0.402. The van der Waals surface area contributed by atoms with Crippen molar-refractivity contribution in [1.29, 1.82) is 0 Å². The lowest BCUT2D eigenvalue weighted by Gasteiger charge is -2.14. The quantitative estimate of drug-likeness (QED) is 0.882. The van der Waals surface area contributed by atoms with E-state index in [0.29, 0.717) is 6.42 Å². The molecule has 2 aromatic rings. The Morgan fingerprint density at radius 1 is 1.05 bits per heavy atom. The lowest BCUT2D eigenvalue weighted by molar-refractivity contribution is 0.177. The van der Waals surface area contributed by atoms with E-state index in [4.69, 9.17) is 0 Å². The Kier molecular flexibility index (Phi) is 3.39. The van der Waals surface area contributed by atoms with Crippen molar-refractivity contribution in [3.8, 4) is 0 Å². The minimum Gasteiger partial charge on any atom is -0.388 e. The number of aliphatic hydroxyl groups is 1. The molecule has 19 heavy (non-hydrogen) atoms. The first-order valence-corrected chi connectivity index (χ1v) is 7.08. The van der Waals surface area contributed by atoms with Crippen molar-refractivity contribution in [2.75, 3.05) is 0 Å². The highest BCUT2D eigenvalue weighted by Gasteiger charge is 2.14. The molecule has 98 valence electrons. The lowest BCUT2D eigenvalue weighted by atomic mass is 9.96. The van der Waals surface area contributed by atoms with E-state index in [1.165, 1.54) is 36.0 Å². The number of fused-ring (bicyclic) bond motifs is 1. The molecule has 1 heteroatoms. The van der Waals surface area contributed by atoms with Crippen LogP contribution in [0.25, 0.3) is 0 Å². The van der Waals surface area contributed by atoms with Gasteiger partial charge in [-0.25, -0.2) is 0 Å². The SMILES string of the molecule is Cc1ccccc1C(O)Cc1ccc2c(c1)CCC2. The fraction of sp³-hybridized carbons (Fsp3) is 0.333. The molecule has 0 fully saturated rings. The second kappa shape index (κ2) is 5.18. The Labute approximate surface area is 114 Å². The molecule has 1 aliphatic carbocycles. The summed E-state index contributed by atoms with van der Waals surface area (Å²) in [6.45, 7) is 2.06. The Hall–Kier alpha value is -1.60. The lowest BCUT2D eigenvalue weighted by Crippen LogP contribution is -2.04. The van der Waals surface area contributed by atoms with Gasteiger partial charge in [0.1, 0.15) is 0 Å². The molecule has 0 amide bonds. The number of aliphatic hydroxyl groups excluding tert-OH is 1. The van der Waals surface area contributed by atoms with Crippen LogP contribution in [0, 0.1) is 6.92 Å².